The molecule has 0 saturated heterocycles. The fourth-order valence-electron chi connectivity index (χ4n) is 1.87. The molecular formula is C16H18N2O3S2. The van der Waals surface area contributed by atoms with Crippen molar-refractivity contribution in [1.82, 2.24) is 0 Å². The number of carbonyl (C=O) groups excluding carboxylic acids is 1. The highest BCUT2D eigenvalue weighted by atomic mass is 32.2. The summed E-state index contributed by atoms with van der Waals surface area (Å²) in [5.41, 5.74) is 1.61. The summed E-state index contributed by atoms with van der Waals surface area (Å²) < 4.78 is 22.6. The van der Waals surface area contributed by atoms with E-state index < -0.39 is 10.0 Å². The second kappa shape index (κ2) is 7.63. The van der Waals surface area contributed by atoms with E-state index in [4.69, 9.17) is 5.14 Å². The Kier molecular flexibility index (Phi) is 5.81. The molecule has 0 saturated carbocycles. The van der Waals surface area contributed by atoms with Gasteiger partial charge in [-0.15, -0.1) is 11.8 Å². The van der Waals surface area contributed by atoms with Crippen molar-refractivity contribution in [2.75, 3.05) is 11.1 Å². The van der Waals surface area contributed by atoms with Crippen molar-refractivity contribution in [3.05, 3.63) is 54.1 Å². The topological polar surface area (TPSA) is 89.3 Å². The minimum atomic E-state index is -3.77. The van der Waals surface area contributed by atoms with Crippen LogP contribution in [0.3, 0.4) is 0 Å². The van der Waals surface area contributed by atoms with Crippen LogP contribution in [0.5, 0.6) is 0 Å². The van der Waals surface area contributed by atoms with E-state index in [2.05, 4.69) is 5.32 Å². The lowest BCUT2D eigenvalue weighted by molar-refractivity contribution is -0.115. The highest BCUT2D eigenvalue weighted by molar-refractivity contribution is 7.99. The Balaban J connectivity index is 1.86. The number of nitrogens with two attached hydrogens (primary N) is 1. The van der Waals surface area contributed by atoms with Gasteiger partial charge in [-0.3, -0.25) is 4.79 Å². The van der Waals surface area contributed by atoms with E-state index in [9.17, 15) is 13.2 Å². The molecule has 3 N–H and O–H groups in total. The van der Waals surface area contributed by atoms with Crippen LogP contribution in [0.2, 0.25) is 0 Å². The number of thioether (sulfide) groups is 1. The maximum atomic E-state index is 11.9. The molecule has 0 spiro atoms. The number of aryl methyl sites for hydroxylation is 1. The summed E-state index contributed by atoms with van der Waals surface area (Å²) in [6.07, 6.45) is 0.331. The van der Waals surface area contributed by atoms with Crippen LogP contribution in [0, 0.1) is 6.92 Å². The lowest BCUT2D eigenvalue weighted by atomic mass is 10.2. The Morgan fingerprint density at radius 2 is 1.87 bits per heavy atom. The monoisotopic (exact) mass is 350 g/mol. The zero-order valence-corrected chi connectivity index (χ0v) is 14.3. The molecule has 0 fully saturated rings. The van der Waals surface area contributed by atoms with Crippen LogP contribution < -0.4 is 10.5 Å². The molecule has 0 heterocycles. The van der Waals surface area contributed by atoms with Gasteiger partial charge in [0.2, 0.25) is 15.9 Å². The summed E-state index contributed by atoms with van der Waals surface area (Å²) in [6.45, 7) is 2.03. The van der Waals surface area contributed by atoms with E-state index in [0.29, 0.717) is 17.9 Å². The first-order chi connectivity index (χ1) is 10.8. The highest BCUT2D eigenvalue weighted by Gasteiger charge is 2.09. The molecule has 0 atom stereocenters. The number of rotatable bonds is 6. The molecule has 0 bridgehead atoms. The summed E-state index contributed by atoms with van der Waals surface area (Å²) in [5, 5.41) is 7.75. The zero-order chi connectivity index (χ0) is 16.9. The van der Waals surface area contributed by atoms with E-state index in [0.717, 1.165) is 4.90 Å². The Labute approximate surface area is 140 Å². The van der Waals surface area contributed by atoms with Crippen LogP contribution >= 0.6 is 11.8 Å². The number of sulfonamides is 1. The first kappa shape index (κ1) is 17.5. The van der Waals surface area contributed by atoms with Gasteiger partial charge in [0.1, 0.15) is 0 Å². The van der Waals surface area contributed by atoms with Gasteiger partial charge in [0.15, 0.2) is 0 Å². The van der Waals surface area contributed by atoms with E-state index in [1.54, 1.807) is 17.8 Å². The Morgan fingerprint density at radius 3 is 2.52 bits per heavy atom. The number of amides is 1. The molecule has 0 aliphatic heterocycles. The normalized spacial score (nSPS) is 11.2. The number of anilines is 1. The van der Waals surface area contributed by atoms with E-state index in [1.165, 1.54) is 23.8 Å². The first-order valence-corrected chi connectivity index (χ1v) is 9.50. The van der Waals surface area contributed by atoms with Gasteiger partial charge in [-0.05, 0) is 37.3 Å². The van der Waals surface area contributed by atoms with Crippen LogP contribution in [-0.4, -0.2) is 20.1 Å². The molecule has 122 valence electrons. The second-order valence-corrected chi connectivity index (χ2v) is 7.76. The Bertz CT molecular complexity index is 787. The van der Waals surface area contributed by atoms with Gasteiger partial charge in [-0.1, -0.05) is 23.8 Å². The number of primary sulfonamides is 1. The van der Waals surface area contributed by atoms with Crippen LogP contribution in [0.4, 0.5) is 5.69 Å². The van der Waals surface area contributed by atoms with Crippen molar-refractivity contribution in [2.45, 2.75) is 23.1 Å². The van der Waals surface area contributed by atoms with Gasteiger partial charge in [-0.2, -0.15) is 0 Å². The fraction of sp³-hybridized carbons (Fsp3) is 0.188. The zero-order valence-electron chi connectivity index (χ0n) is 12.7. The minimum Gasteiger partial charge on any atom is -0.326 e. The van der Waals surface area contributed by atoms with Crippen LogP contribution in [0.15, 0.2) is 58.3 Å². The smallest absolute Gasteiger partial charge is 0.238 e. The summed E-state index contributed by atoms with van der Waals surface area (Å²) >= 11 is 1.60. The molecule has 7 heteroatoms. The molecule has 0 aliphatic carbocycles. The van der Waals surface area contributed by atoms with E-state index in [1.807, 2.05) is 31.2 Å². The molecule has 2 aromatic rings. The number of benzene rings is 2. The third-order valence-electron chi connectivity index (χ3n) is 3.07. The van der Waals surface area contributed by atoms with Gasteiger partial charge in [0.25, 0.3) is 0 Å². The van der Waals surface area contributed by atoms with Crippen LogP contribution in [0.1, 0.15) is 12.0 Å². The van der Waals surface area contributed by atoms with E-state index in [-0.39, 0.29) is 10.8 Å². The molecule has 23 heavy (non-hydrogen) atoms. The minimum absolute atomic E-state index is 0.0238. The average molecular weight is 350 g/mol. The van der Waals surface area contributed by atoms with Gasteiger partial charge < -0.3 is 5.32 Å². The summed E-state index contributed by atoms with van der Waals surface area (Å²) in [5.74, 6) is 0.472. The van der Waals surface area contributed by atoms with Crippen molar-refractivity contribution in [3.63, 3.8) is 0 Å². The van der Waals surface area contributed by atoms with Crippen molar-refractivity contribution in [1.29, 1.82) is 0 Å². The Morgan fingerprint density at radius 1 is 1.17 bits per heavy atom. The fourth-order valence-corrected chi connectivity index (χ4v) is 3.28. The third-order valence-corrected chi connectivity index (χ3v) is 4.99. The quantitative estimate of drug-likeness (QED) is 0.784. The van der Waals surface area contributed by atoms with Crippen LogP contribution in [0.25, 0.3) is 0 Å². The molecule has 0 unspecified atom stereocenters. The lowest BCUT2D eigenvalue weighted by Gasteiger charge is -2.07. The molecule has 5 nitrogen and oxygen atoms in total. The molecule has 0 aromatic heterocycles. The van der Waals surface area contributed by atoms with Crippen molar-refractivity contribution >= 4 is 33.4 Å². The predicted octanol–water partition coefficient (Wildman–Crippen LogP) is 2.76. The molecule has 1 amide bonds. The summed E-state index contributed by atoms with van der Waals surface area (Å²) in [7, 11) is -3.77. The predicted molar refractivity (Wildman–Crippen MR) is 93.0 cm³/mol. The van der Waals surface area contributed by atoms with Gasteiger partial charge in [0.05, 0.1) is 4.90 Å². The number of carbonyl (C=O) groups is 1. The van der Waals surface area contributed by atoms with Crippen LogP contribution in [-0.2, 0) is 14.8 Å². The maximum Gasteiger partial charge on any atom is 0.238 e. The molecule has 2 aromatic carbocycles. The summed E-state index contributed by atoms with van der Waals surface area (Å²) in [6, 6.07) is 14.0. The summed E-state index contributed by atoms with van der Waals surface area (Å²) in [4.78, 5) is 13.0. The SMILES string of the molecule is Cc1ccc(SCCC(=O)Nc2cccc(S(N)(=O)=O)c2)cc1. The molecule has 2 rings (SSSR count). The number of hydrogen-bond acceptors (Lipinski definition) is 4. The molecular weight excluding hydrogens is 332 g/mol. The average Bonchev–Trinajstić information content (AvgIpc) is 2.49. The lowest BCUT2D eigenvalue weighted by Crippen LogP contribution is -2.15. The van der Waals surface area contributed by atoms with Crippen molar-refractivity contribution < 1.29 is 13.2 Å². The van der Waals surface area contributed by atoms with E-state index >= 15 is 0 Å². The molecule has 0 radical (unpaired) electrons. The van der Waals surface area contributed by atoms with Gasteiger partial charge >= 0.3 is 0 Å². The largest absolute Gasteiger partial charge is 0.326 e. The second-order valence-electron chi connectivity index (χ2n) is 5.03. The van der Waals surface area contributed by atoms with Gasteiger partial charge in [-0.25, -0.2) is 13.6 Å². The number of nitrogens with one attached hydrogen (secondary N) is 1. The third kappa shape index (κ3) is 5.70. The van der Waals surface area contributed by atoms with Crippen molar-refractivity contribution in [3.8, 4) is 0 Å². The van der Waals surface area contributed by atoms with Gasteiger partial charge in [0, 0.05) is 22.8 Å². The van der Waals surface area contributed by atoms with Crippen molar-refractivity contribution in [2.24, 2.45) is 5.14 Å². The number of hydrogen-bond donors (Lipinski definition) is 2. The maximum absolute atomic E-state index is 11.9. The first-order valence-electron chi connectivity index (χ1n) is 6.97. The molecule has 0 aliphatic rings. The Hall–Kier alpha value is -1.83. The highest BCUT2D eigenvalue weighted by Crippen LogP contribution is 2.20. The standard InChI is InChI=1S/C16H18N2O3S2/c1-12-5-7-14(8-6-12)22-10-9-16(19)18-13-3-2-4-15(11-13)23(17,20)21/h2-8,11H,9-10H2,1H3,(H,18,19)(H2,17,20,21).